The molecule has 0 aliphatic carbocycles. The van der Waals surface area contributed by atoms with Crippen molar-refractivity contribution in [3.8, 4) is 17.6 Å². The van der Waals surface area contributed by atoms with E-state index in [2.05, 4.69) is 27.8 Å². The Morgan fingerprint density at radius 1 is 1.22 bits per heavy atom. The highest BCUT2D eigenvalue weighted by atomic mass is 19.1. The number of methoxy groups -OCH3 is 1. The number of rotatable bonds is 8. The highest BCUT2D eigenvalue weighted by Crippen LogP contribution is 2.31. The summed E-state index contributed by atoms with van der Waals surface area (Å²) in [7, 11) is 1.67. The summed E-state index contributed by atoms with van der Waals surface area (Å²) in [4.78, 5) is 18.3. The number of benzene rings is 2. The quantitative estimate of drug-likeness (QED) is 0.426. The van der Waals surface area contributed by atoms with E-state index in [1.165, 1.54) is 11.6 Å². The zero-order valence-electron chi connectivity index (χ0n) is 21.0. The van der Waals surface area contributed by atoms with Gasteiger partial charge in [0.25, 0.3) is 0 Å². The average Bonchev–Trinajstić information content (AvgIpc) is 2.87. The molecule has 5 nitrogen and oxygen atoms in total. The van der Waals surface area contributed by atoms with Crippen LogP contribution in [0.1, 0.15) is 42.4 Å². The van der Waals surface area contributed by atoms with E-state index in [1.54, 1.807) is 20.1 Å². The van der Waals surface area contributed by atoms with Crippen LogP contribution in [0.5, 0.6) is 5.75 Å². The zero-order valence-corrected chi connectivity index (χ0v) is 21.0. The molecule has 1 saturated heterocycles. The molecular weight excluding hydrogens is 455 g/mol. The molecule has 188 valence electrons. The highest BCUT2D eigenvalue weighted by molar-refractivity contribution is 5.83. The van der Waals surface area contributed by atoms with E-state index in [0.29, 0.717) is 23.6 Å². The number of fused-ring (bicyclic) bond motifs is 1. The summed E-state index contributed by atoms with van der Waals surface area (Å²) in [6, 6.07) is 13.0. The summed E-state index contributed by atoms with van der Waals surface area (Å²) >= 11 is 0. The topological polar surface area (TPSA) is 62.7 Å². The zero-order chi connectivity index (χ0) is 25.5. The van der Waals surface area contributed by atoms with Crippen molar-refractivity contribution >= 4 is 16.9 Å². The second-order valence-electron chi connectivity index (χ2n) is 9.65. The standard InChI is InChI=1S/C30H33FN2O3/c1-21-8-9-22(17-28(21)31)5-4-15-33-16-13-23(25(20-33)18-30(34)35)6-3-7-24-12-14-32-29-11-10-26(36-2)19-27(24)29/h8-12,14,17,19,23,25H,3,6-7,13,15-16,18,20H2,1-2H3,(H,34,35)/t23-,25+/m1/s1. The van der Waals surface area contributed by atoms with Crippen molar-refractivity contribution in [1.82, 2.24) is 9.88 Å². The molecule has 0 bridgehead atoms. The molecule has 2 atom stereocenters. The van der Waals surface area contributed by atoms with Gasteiger partial charge in [-0.15, -0.1) is 0 Å². The number of ether oxygens (including phenoxy) is 1. The third-order valence-corrected chi connectivity index (χ3v) is 7.18. The van der Waals surface area contributed by atoms with Crippen molar-refractivity contribution in [1.29, 1.82) is 0 Å². The first kappa shape index (κ1) is 25.7. The number of hydrogen-bond acceptors (Lipinski definition) is 4. The van der Waals surface area contributed by atoms with Crippen LogP contribution in [0.25, 0.3) is 10.9 Å². The molecule has 0 spiro atoms. The minimum Gasteiger partial charge on any atom is -0.497 e. The van der Waals surface area contributed by atoms with Gasteiger partial charge in [0.2, 0.25) is 0 Å². The van der Waals surface area contributed by atoms with Gasteiger partial charge in [0, 0.05) is 30.1 Å². The van der Waals surface area contributed by atoms with Crippen LogP contribution in [-0.2, 0) is 11.2 Å². The van der Waals surface area contributed by atoms with Crippen LogP contribution >= 0.6 is 0 Å². The molecule has 1 N–H and O–H groups in total. The molecule has 0 unspecified atom stereocenters. The van der Waals surface area contributed by atoms with Crippen molar-refractivity contribution in [3.63, 3.8) is 0 Å². The van der Waals surface area contributed by atoms with Gasteiger partial charge in [0.1, 0.15) is 11.6 Å². The fourth-order valence-corrected chi connectivity index (χ4v) is 5.14. The fourth-order valence-electron chi connectivity index (χ4n) is 5.14. The van der Waals surface area contributed by atoms with E-state index < -0.39 is 5.97 Å². The Bertz CT molecular complexity index is 1280. The van der Waals surface area contributed by atoms with E-state index in [0.717, 1.165) is 55.4 Å². The third-order valence-electron chi connectivity index (χ3n) is 7.18. The van der Waals surface area contributed by atoms with Crippen LogP contribution in [0.15, 0.2) is 48.7 Å². The number of piperidine rings is 1. The number of pyridine rings is 1. The number of carboxylic acid groups (broad SMARTS) is 1. The van der Waals surface area contributed by atoms with Gasteiger partial charge in [0.05, 0.1) is 19.2 Å². The predicted octanol–water partition coefficient (Wildman–Crippen LogP) is 5.48. The number of likely N-dealkylation sites (tertiary alicyclic amines) is 1. The van der Waals surface area contributed by atoms with E-state index in [9.17, 15) is 14.3 Å². The van der Waals surface area contributed by atoms with Crippen molar-refractivity contribution < 1.29 is 19.0 Å². The number of carbonyl (C=O) groups is 1. The smallest absolute Gasteiger partial charge is 0.303 e. The van der Waals surface area contributed by atoms with Crippen molar-refractivity contribution in [2.45, 2.75) is 39.0 Å². The number of hydrogen-bond donors (Lipinski definition) is 1. The van der Waals surface area contributed by atoms with E-state index in [1.807, 2.05) is 30.5 Å². The number of aromatic nitrogens is 1. The molecule has 36 heavy (non-hydrogen) atoms. The maximum Gasteiger partial charge on any atom is 0.303 e. The lowest BCUT2D eigenvalue weighted by Crippen LogP contribution is -2.41. The van der Waals surface area contributed by atoms with E-state index in [4.69, 9.17) is 4.74 Å². The largest absolute Gasteiger partial charge is 0.497 e. The van der Waals surface area contributed by atoms with Crippen molar-refractivity contribution in [3.05, 3.63) is 71.2 Å². The molecule has 1 aromatic heterocycles. The number of aliphatic carboxylic acids is 1. The van der Waals surface area contributed by atoms with Gasteiger partial charge in [-0.2, -0.15) is 0 Å². The summed E-state index contributed by atoms with van der Waals surface area (Å²) in [6.45, 7) is 3.91. The predicted molar refractivity (Wildman–Crippen MR) is 140 cm³/mol. The Kier molecular flexibility index (Phi) is 8.56. The molecular formula is C30H33FN2O3. The van der Waals surface area contributed by atoms with Gasteiger partial charge >= 0.3 is 5.97 Å². The van der Waals surface area contributed by atoms with Gasteiger partial charge in [-0.25, -0.2) is 4.39 Å². The van der Waals surface area contributed by atoms with Crippen LogP contribution in [0.3, 0.4) is 0 Å². The van der Waals surface area contributed by atoms with Crippen LogP contribution in [0.4, 0.5) is 4.39 Å². The Labute approximate surface area is 212 Å². The number of nitrogens with zero attached hydrogens (tertiary/aromatic N) is 2. The molecule has 1 aliphatic rings. The molecule has 0 saturated carbocycles. The SMILES string of the molecule is COc1ccc2nccc(CCC[C@@H]3CCN(CC#Cc4ccc(C)c(F)c4)C[C@@H]3CC(=O)O)c2c1. The lowest BCUT2D eigenvalue weighted by Gasteiger charge is -2.37. The lowest BCUT2D eigenvalue weighted by molar-refractivity contribution is -0.139. The highest BCUT2D eigenvalue weighted by Gasteiger charge is 2.30. The van der Waals surface area contributed by atoms with Gasteiger partial charge in [0.15, 0.2) is 0 Å². The van der Waals surface area contributed by atoms with Gasteiger partial charge in [-0.05, 0) is 98.5 Å². The first-order valence-corrected chi connectivity index (χ1v) is 12.5. The third kappa shape index (κ3) is 6.61. The van der Waals surface area contributed by atoms with Gasteiger partial charge < -0.3 is 9.84 Å². The number of carboxylic acids is 1. The Hall–Kier alpha value is -3.43. The molecule has 1 fully saturated rings. The minimum atomic E-state index is -0.750. The maximum atomic E-state index is 13.8. The number of aryl methyl sites for hydroxylation is 2. The first-order valence-electron chi connectivity index (χ1n) is 12.5. The van der Waals surface area contributed by atoms with Gasteiger partial charge in [-0.3, -0.25) is 14.7 Å². The average molecular weight is 489 g/mol. The molecule has 0 amide bonds. The maximum absolute atomic E-state index is 13.8. The molecule has 4 rings (SSSR count). The Morgan fingerprint density at radius 3 is 2.86 bits per heavy atom. The molecule has 2 aromatic carbocycles. The monoisotopic (exact) mass is 488 g/mol. The molecule has 3 aromatic rings. The molecule has 6 heteroatoms. The lowest BCUT2D eigenvalue weighted by atomic mass is 9.80. The van der Waals surface area contributed by atoms with Crippen LogP contribution in [0.2, 0.25) is 0 Å². The Balaban J connectivity index is 1.35. The van der Waals surface area contributed by atoms with Crippen LogP contribution < -0.4 is 4.74 Å². The summed E-state index contributed by atoms with van der Waals surface area (Å²) in [5.41, 5.74) is 3.47. The summed E-state index contributed by atoms with van der Waals surface area (Å²) in [5, 5.41) is 10.6. The number of halogens is 1. The molecule has 2 heterocycles. The normalized spacial score (nSPS) is 18.0. The summed E-state index contributed by atoms with van der Waals surface area (Å²) < 4.78 is 19.1. The van der Waals surface area contributed by atoms with Gasteiger partial charge in [-0.1, -0.05) is 17.9 Å². The summed E-state index contributed by atoms with van der Waals surface area (Å²) in [6.07, 6.45) is 5.90. The van der Waals surface area contributed by atoms with E-state index in [-0.39, 0.29) is 18.2 Å². The second kappa shape index (κ2) is 12.0. The minimum absolute atomic E-state index is 0.101. The van der Waals surface area contributed by atoms with Crippen molar-refractivity contribution in [2.75, 3.05) is 26.7 Å². The molecule has 0 radical (unpaired) electrons. The first-order chi connectivity index (χ1) is 17.4. The second-order valence-corrected chi connectivity index (χ2v) is 9.65. The van der Waals surface area contributed by atoms with E-state index >= 15 is 0 Å². The van der Waals surface area contributed by atoms with Crippen LogP contribution in [-0.4, -0.2) is 47.7 Å². The van der Waals surface area contributed by atoms with Crippen molar-refractivity contribution in [2.24, 2.45) is 11.8 Å². The molecule has 1 aliphatic heterocycles. The fraction of sp³-hybridized carbons (Fsp3) is 0.400. The Morgan fingerprint density at radius 2 is 2.08 bits per heavy atom. The summed E-state index contributed by atoms with van der Waals surface area (Å²) in [5.74, 6) is 6.48. The van der Waals surface area contributed by atoms with Crippen LogP contribution in [0, 0.1) is 36.4 Å².